The van der Waals surface area contributed by atoms with Crippen LogP contribution >= 0.6 is 0 Å². The molecule has 0 amide bonds. The molecule has 2 aliphatic heterocycles. The van der Waals surface area contributed by atoms with Gasteiger partial charge in [0.05, 0.1) is 32.4 Å². The molecule has 162 valence electrons. The van der Waals surface area contributed by atoms with E-state index in [1.807, 2.05) is 0 Å². The molecule has 0 saturated carbocycles. The quantitative estimate of drug-likeness (QED) is 0.370. The number of nitrogens with one attached hydrogen (secondary N) is 1. The highest BCUT2D eigenvalue weighted by Crippen LogP contribution is 2.25. The van der Waals surface area contributed by atoms with Crippen LogP contribution in [0.2, 0.25) is 0 Å². The SMILES string of the molecule is CCNC(=NCC(c1ccccc1)N1CCCC1)N1CCC(COCCOC)C1. The van der Waals surface area contributed by atoms with Crippen molar-refractivity contribution in [2.75, 3.05) is 66.2 Å². The van der Waals surface area contributed by atoms with Crippen LogP contribution < -0.4 is 5.32 Å². The molecule has 2 fully saturated rings. The van der Waals surface area contributed by atoms with Gasteiger partial charge in [0.2, 0.25) is 0 Å². The first-order valence-electron chi connectivity index (χ1n) is 11.2. The van der Waals surface area contributed by atoms with Crippen LogP contribution in [0.4, 0.5) is 0 Å². The van der Waals surface area contributed by atoms with Crippen LogP contribution in [0.25, 0.3) is 0 Å². The maximum Gasteiger partial charge on any atom is 0.193 e. The standard InChI is InChI=1S/C23H38N4O2/c1-3-24-23(27-14-11-20(18-27)19-29-16-15-28-2)25-17-22(26-12-7-8-13-26)21-9-5-4-6-10-21/h4-6,9-10,20,22H,3,7-8,11-19H2,1-2H3,(H,24,25). The molecule has 29 heavy (non-hydrogen) atoms. The van der Waals surface area contributed by atoms with Gasteiger partial charge in [-0.3, -0.25) is 9.89 Å². The second-order valence-corrected chi connectivity index (χ2v) is 8.03. The molecule has 1 aromatic carbocycles. The largest absolute Gasteiger partial charge is 0.382 e. The van der Waals surface area contributed by atoms with Gasteiger partial charge in [-0.25, -0.2) is 0 Å². The van der Waals surface area contributed by atoms with Gasteiger partial charge in [0, 0.05) is 32.7 Å². The summed E-state index contributed by atoms with van der Waals surface area (Å²) < 4.78 is 10.8. The summed E-state index contributed by atoms with van der Waals surface area (Å²) in [5.74, 6) is 1.62. The number of aliphatic imine (C=N–C) groups is 1. The van der Waals surface area contributed by atoms with Gasteiger partial charge in [0.1, 0.15) is 0 Å². The average molecular weight is 403 g/mol. The van der Waals surface area contributed by atoms with Gasteiger partial charge in [-0.15, -0.1) is 0 Å². The Hall–Kier alpha value is -1.63. The van der Waals surface area contributed by atoms with Crippen molar-refractivity contribution in [2.45, 2.75) is 32.2 Å². The van der Waals surface area contributed by atoms with Crippen LogP contribution in [0.15, 0.2) is 35.3 Å². The van der Waals surface area contributed by atoms with E-state index < -0.39 is 0 Å². The Bertz CT molecular complexity index is 604. The molecule has 0 aromatic heterocycles. The van der Waals surface area contributed by atoms with Crippen LogP contribution in [0, 0.1) is 5.92 Å². The monoisotopic (exact) mass is 402 g/mol. The summed E-state index contributed by atoms with van der Waals surface area (Å²) in [5, 5.41) is 3.52. The van der Waals surface area contributed by atoms with Crippen molar-refractivity contribution < 1.29 is 9.47 Å². The van der Waals surface area contributed by atoms with Crippen molar-refractivity contribution in [3.05, 3.63) is 35.9 Å². The first-order chi connectivity index (χ1) is 14.3. The number of ether oxygens (including phenoxy) is 2. The van der Waals surface area contributed by atoms with Crippen LogP contribution in [0.1, 0.15) is 37.8 Å². The van der Waals surface area contributed by atoms with Crippen molar-refractivity contribution in [3.63, 3.8) is 0 Å². The minimum atomic E-state index is 0.364. The van der Waals surface area contributed by atoms with Gasteiger partial charge in [-0.05, 0) is 44.8 Å². The van der Waals surface area contributed by atoms with E-state index in [1.165, 1.54) is 31.5 Å². The molecular weight excluding hydrogens is 364 g/mol. The van der Waals surface area contributed by atoms with Gasteiger partial charge in [-0.2, -0.15) is 0 Å². The third-order valence-corrected chi connectivity index (χ3v) is 5.89. The lowest BCUT2D eigenvalue weighted by Crippen LogP contribution is -2.41. The Kier molecular flexibility index (Phi) is 9.25. The third kappa shape index (κ3) is 6.69. The molecular formula is C23H38N4O2. The van der Waals surface area contributed by atoms with E-state index in [9.17, 15) is 0 Å². The second-order valence-electron chi connectivity index (χ2n) is 8.03. The van der Waals surface area contributed by atoms with E-state index in [4.69, 9.17) is 14.5 Å². The zero-order valence-corrected chi connectivity index (χ0v) is 18.2. The first kappa shape index (κ1) is 22.1. The van der Waals surface area contributed by atoms with Crippen LogP contribution in [0.3, 0.4) is 0 Å². The van der Waals surface area contributed by atoms with E-state index in [2.05, 4.69) is 52.4 Å². The Morgan fingerprint density at radius 1 is 1.17 bits per heavy atom. The molecule has 0 spiro atoms. The van der Waals surface area contributed by atoms with Crippen molar-refractivity contribution in [1.82, 2.24) is 15.1 Å². The Morgan fingerprint density at radius 3 is 2.69 bits per heavy atom. The Labute approximate surface area is 176 Å². The predicted octanol–water partition coefficient (Wildman–Crippen LogP) is 2.77. The van der Waals surface area contributed by atoms with E-state index >= 15 is 0 Å². The van der Waals surface area contributed by atoms with Gasteiger partial charge in [0.25, 0.3) is 0 Å². The second kappa shape index (κ2) is 12.2. The first-order valence-corrected chi connectivity index (χ1v) is 11.2. The summed E-state index contributed by atoms with van der Waals surface area (Å²) in [4.78, 5) is 10.1. The summed E-state index contributed by atoms with van der Waals surface area (Å²) in [6.07, 6.45) is 3.75. The van der Waals surface area contributed by atoms with Crippen LogP contribution in [-0.2, 0) is 9.47 Å². The highest BCUT2D eigenvalue weighted by atomic mass is 16.5. The average Bonchev–Trinajstić information content (AvgIpc) is 3.44. The molecule has 2 saturated heterocycles. The number of likely N-dealkylation sites (tertiary alicyclic amines) is 2. The highest BCUT2D eigenvalue weighted by Gasteiger charge is 2.27. The van der Waals surface area contributed by atoms with Crippen molar-refractivity contribution in [2.24, 2.45) is 10.9 Å². The smallest absolute Gasteiger partial charge is 0.193 e. The number of rotatable bonds is 10. The predicted molar refractivity (Wildman–Crippen MR) is 118 cm³/mol. The highest BCUT2D eigenvalue weighted by molar-refractivity contribution is 5.80. The molecule has 6 nitrogen and oxygen atoms in total. The number of guanidine groups is 1. The molecule has 2 atom stereocenters. The molecule has 2 unspecified atom stereocenters. The van der Waals surface area contributed by atoms with Crippen LogP contribution in [-0.4, -0.2) is 82.0 Å². The van der Waals surface area contributed by atoms with Crippen molar-refractivity contribution >= 4 is 5.96 Å². The molecule has 0 radical (unpaired) electrons. The van der Waals surface area contributed by atoms with Gasteiger partial charge < -0.3 is 19.7 Å². The van der Waals surface area contributed by atoms with Crippen LogP contribution in [0.5, 0.6) is 0 Å². The maximum atomic E-state index is 5.75. The summed E-state index contributed by atoms with van der Waals surface area (Å²) in [6.45, 7) is 10.4. The minimum Gasteiger partial charge on any atom is -0.382 e. The zero-order chi connectivity index (χ0) is 20.3. The number of hydrogen-bond acceptors (Lipinski definition) is 4. The normalized spacial score (nSPS) is 21.7. The number of benzene rings is 1. The fourth-order valence-electron chi connectivity index (χ4n) is 4.31. The molecule has 1 aromatic rings. The van der Waals surface area contributed by atoms with E-state index in [0.29, 0.717) is 25.2 Å². The zero-order valence-electron chi connectivity index (χ0n) is 18.2. The molecule has 6 heteroatoms. The summed E-state index contributed by atoms with van der Waals surface area (Å²) >= 11 is 0. The van der Waals surface area contributed by atoms with Gasteiger partial charge >= 0.3 is 0 Å². The van der Waals surface area contributed by atoms with E-state index in [-0.39, 0.29) is 0 Å². The fourth-order valence-corrected chi connectivity index (χ4v) is 4.31. The Morgan fingerprint density at radius 2 is 1.97 bits per heavy atom. The topological polar surface area (TPSA) is 49.3 Å². The molecule has 3 rings (SSSR count). The van der Waals surface area contributed by atoms with Gasteiger partial charge in [-0.1, -0.05) is 30.3 Å². The molecule has 1 N–H and O–H groups in total. The molecule has 2 heterocycles. The molecule has 0 bridgehead atoms. The van der Waals surface area contributed by atoms with Crippen molar-refractivity contribution in [1.29, 1.82) is 0 Å². The number of hydrogen-bond donors (Lipinski definition) is 1. The third-order valence-electron chi connectivity index (χ3n) is 5.89. The Balaban J connectivity index is 1.61. The number of nitrogens with zero attached hydrogens (tertiary/aromatic N) is 3. The minimum absolute atomic E-state index is 0.364. The van der Waals surface area contributed by atoms with Crippen molar-refractivity contribution in [3.8, 4) is 0 Å². The van der Waals surface area contributed by atoms with E-state index in [0.717, 1.165) is 45.2 Å². The lowest BCUT2D eigenvalue weighted by Gasteiger charge is -2.28. The van der Waals surface area contributed by atoms with Gasteiger partial charge in [0.15, 0.2) is 5.96 Å². The summed E-state index contributed by atoms with van der Waals surface area (Å²) in [5.41, 5.74) is 1.37. The molecule has 2 aliphatic rings. The summed E-state index contributed by atoms with van der Waals surface area (Å²) in [7, 11) is 1.71. The fraction of sp³-hybridized carbons (Fsp3) is 0.696. The lowest BCUT2D eigenvalue weighted by atomic mass is 10.1. The number of methoxy groups -OCH3 is 1. The lowest BCUT2D eigenvalue weighted by molar-refractivity contribution is 0.0536. The maximum absolute atomic E-state index is 5.75. The van der Waals surface area contributed by atoms with E-state index in [1.54, 1.807) is 7.11 Å². The molecule has 0 aliphatic carbocycles. The summed E-state index contributed by atoms with van der Waals surface area (Å²) in [6, 6.07) is 11.2.